The Labute approximate surface area is 133 Å². The van der Waals surface area contributed by atoms with Gasteiger partial charge in [0.15, 0.2) is 5.71 Å². The van der Waals surface area contributed by atoms with Crippen LogP contribution in [0.3, 0.4) is 0 Å². The highest BCUT2D eigenvalue weighted by Gasteiger charge is 2.17. The standard InChI is InChI=1S/C17H17NO5/c1-11-9-13(19)7-8-15(11)23-10-12-5-3-4-6-14(12)16(17(20)21)18-22-2/h3-9,19H,10H2,1-2H3,(H,20,21)/b18-16+. The minimum absolute atomic E-state index is 0.163. The van der Waals surface area contributed by atoms with Gasteiger partial charge in [-0.3, -0.25) is 0 Å². The predicted molar refractivity (Wildman–Crippen MR) is 84.8 cm³/mol. The summed E-state index contributed by atoms with van der Waals surface area (Å²) in [5, 5.41) is 22.2. The number of carboxylic acid groups (broad SMARTS) is 1. The van der Waals surface area contributed by atoms with E-state index < -0.39 is 5.97 Å². The number of phenols is 1. The number of rotatable bonds is 6. The van der Waals surface area contributed by atoms with E-state index in [0.29, 0.717) is 16.9 Å². The van der Waals surface area contributed by atoms with Gasteiger partial charge in [0.05, 0.1) is 0 Å². The third-order valence-corrected chi connectivity index (χ3v) is 3.20. The van der Waals surface area contributed by atoms with E-state index in [2.05, 4.69) is 9.99 Å². The van der Waals surface area contributed by atoms with Crippen LogP contribution >= 0.6 is 0 Å². The zero-order valence-corrected chi connectivity index (χ0v) is 12.8. The van der Waals surface area contributed by atoms with Crippen molar-refractivity contribution in [3.05, 3.63) is 59.2 Å². The maximum Gasteiger partial charge on any atom is 0.358 e. The Balaban J connectivity index is 2.27. The maximum absolute atomic E-state index is 11.3. The molecule has 0 aliphatic rings. The molecule has 2 aromatic carbocycles. The summed E-state index contributed by atoms with van der Waals surface area (Å²) in [6.07, 6.45) is 0. The van der Waals surface area contributed by atoms with Crippen molar-refractivity contribution in [2.75, 3.05) is 7.11 Å². The molecule has 0 unspecified atom stereocenters. The van der Waals surface area contributed by atoms with Crippen LogP contribution in [-0.2, 0) is 16.2 Å². The molecular formula is C17H17NO5. The Hall–Kier alpha value is -3.02. The quantitative estimate of drug-likeness (QED) is 0.632. The molecule has 0 saturated heterocycles. The van der Waals surface area contributed by atoms with E-state index in [1.807, 2.05) is 6.92 Å². The van der Waals surface area contributed by atoms with Gasteiger partial charge in [0.25, 0.3) is 0 Å². The van der Waals surface area contributed by atoms with Gasteiger partial charge < -0.3 is 19.8 Å². The molecule has 6 heteroatoms. The van der Waals surface area contributed by atoms with Crippen molar-refractivity contribution < 1.29 is 24.6 Å². The fourth-order valence-corrected chi connectivity index (χ4v) is 2.12. The number of carboxylic acids is 1. The monoisotopic (exact) mass is 315 g/mol. The van der Waals surface area contributed by atoms with Crippen molar-refractivity contribution in [1.82, 2.24) is 0 Å². The maximum atomic E-state index is 11.3. The van der Waals surface area contributed by atoms with Gasteiger partial charge >= 0.3 is 5.97 Å². The van der Waals surface area contributed by atoms with Gasteiger partial charge in [-0.15, -0.1) is 0 Å². The molecule has 0 aliphatic heterocycles. The average Bonchev–Trinajstić information content (AvgIpc) is 2.52. The van der Waals surface area contributed by atoms with E-state index in [4.69, 9.17) is 4.74 Å². The summed E-state index contributed by atoms with van der Waals surface area (Å²) < 4.78 is 5.73. The molecule has 6 nitrogen and oxygen atoms in total. The molecular weight excluding hydrogens is 298 g/mol. The molecule has 0 bridgehead atoms. The number of aliphatic carboxylic acids is 1. The van der Waals surface area contributed by atoms with Crippen molar-refractivity contribution in [3.8, 4) is 11.5 Å². The third kappa shape index (κ3) is 4.00. The minimum atomic E-state index is -1.18. The van der Waals surface area contributed by atoms with Crippen LogP contribution in [0.15, 0.2) is 47.6 Å². The van der Waals surface area contributed by atoms with E-state index in [1.165, 1.54) is 13.2 Å². The number of phenolic OH excluding ortho intramolecular Hbond substituents is 1. The second-order valence-electron chi connectivity index (χ2n) is 4.82. The highest BCUT2D eigenvalue weighted by molar-refractivity contribution is 6.42. The Kier molecular flexibility index (Phi) is 5.19. The number of nitrogens with zero attached hydrogens (tertiary/aromatic N) is 1. The zero-order valence-electron chi connectivity index (χ0n) is 12.8. The summed E-state index contributed by atoms with van der Waals surface area (Å²) in [7, 11) is 1.29. The van der Waals surface area contributed by atoms with Crippen LogP contribution in [0.25, 0.3) is 0 Å². The lowest BCUT2D eigenvalue weighted by molar-refractivity contribution is -0.129. The van der Waals surface area contributed by atoms with Gasteiger partial charge in [-0.2, -0.15) is 0 Å². The predicted octanol–water partition coefficient (Wildman–Crippen LogP) is 2.71. The lowest BCUT2D eigenvalue weighted by atomic mass is 10.0. The molecule has 2 N–H and O–H groups in total. The van der Waals surface area contributed by atoms with E-state index in [1.54, 1.807) is 36.4 Å². The largest absolute Gasteiger partial charge is 0.508 e. The van der Waals surface area contributed by atoms with E-state index >= 15 is 0 Å². The molecule has 0 spiro atoms. The van der Waals surface area contributed by atoms with Crippen molar-refractivity contribution in [1.29, 1.82) is 0 Å². The Morgan fingerprint density at radius 1 is 1.22 bits per heavy atom. The number of carbonyl (C=O) groups is 1. The van der Waals surface area contributed by atoms with Gasteiger partial charge in [-0.05, 0) is 36.2 Å². The number of benzene rings is 2. The molecule has 0 saturated carbocycles. The smallest absolute Gasteiger partial charge is 0.358 e. The molecule has 0 aliphatic carbocycles. The zero-order chi connectivity index (χ0) is 16.8. The molecule has 0 radical (unpaired) electrons. The van der Waals surface area contributed by atoms with Crippen LogP contribution in [0.5, 0.6) is 11.5 Å². The average molecular weight is 315 g/mol. The second kappa shape index (κ2) is 7.31. The molecule has 120 valence electrons. The Morgan fingerprint density at radius 2 is 1.96 bits per heavy atom. The second-order valence-corrected chi connectivity index (χ2v) is 4.82. The first-order valence-corrected chi connectivity index (χ1v) is 6.88. The third-order valence-electron chi connectivity index (χ3n) is 3.20. The summed E-state index contributed by atoms with van der Waals surface area (Å²) in [5.74, 6) is -0.408. The summed E-state index contributed by atoms with van der Waals surface area (Å²) in [5.41, 5.74) is 1.69. The first-order chi connectivity index (χ1) is 11.0. The van der Waals surface area contributed by atoms with Gasteiger partial charge in [0.2, 0.25) is 0 Å². The molecule has 0 fully saturated rings. The Bertz CT molecular complexity index is 740. The van der Waals surface area contributed by atoms with Gasteiger partial charge in [-0.1, -0.05) is 29.4 Å². The van der Waals surface area contributed by atoms with Crippen molar-refractivity contribution >= 4 is 11.7 Å². The number of aryl methyl sites for hydroxylation is 1. The molecule has 0 aromatic heterocycles. The highest BCUT2D eigenvalue weighted by Crippen LogP contribution is 2.24. The van der Waals surface area contributed by atoms with Gasteiger partial charge in [0, 0.05) is 5.56 Å². The van der Waals surface area contributed by atoms with Crippen LogP contribution < -0.4 is 4.74 Å². The molecule has 0 heterocycles. The number of hydrogen-bond acceptors (Lipinski definition) is 5. The molecule has 0 atom stereocenters. The molecule has 2 aromatic rings. The van der Waals surface area contributed by atoms with Crippen molar-refractivity contribution in [2.24, 2.45) is 5.16 Å². The number of hydrogen-bond donors (Lipinski definition) is 2. The minimum Gasteiger partial charge on any atom is -0.508 e. The van der Waals surface area contributed by atoms with Crippen LogP contribution in [0, 0.1) is 6.92 Å². The number of oxime groups is 1. The number of aromatic hydroxyl groups is 1. The topological polar surface area (TPSA) is 88.4 Å². The molecule has 2 rings (SSSR count). The van der Waals surface area contributed by atoms with Crippen molar-refractivity contribution in [3.63, 3.8) is 0 Å². The SMILES string of the molecule is CO/N=C(/C(=O)O)c1ccccc1COc1ccc(O)cc1C. The summed E-state index contributed by atoms with van der Waals surface area (Å²) in [4.78, 5) is 15.9. The normalized spacial score (nSPS) is 11.1. The van der Waals surface area contributed by atoms with Gasteiger partial charge in [-0.25, -0.2) is 4.79 Å². The Morgan fingerprint density at radius 3 is 2.61 bits per heavy atom. The first kappa shape index (κ1) is 16.4. The first-order valence-electron chi connectivity index (χ1n) is 6.88. The van der Waals surface area contributed by atoms with E-state index in [0.717, 1.165) is 5.56 Å². The van der Waals surface area contributed by atoms with Crippen LogP contribution in [0.2, 0.25) is 0 Å². The molecule has 23 heavy (non-hydrogen) atoms. The lowest BCUT2D eigenvalue weighted by Gasteiger charge is -2.12. The van der Waals surface area contributed by atoms with Crippen LogP contribution in [-0.4, -0.2) is 29.0 Å². The fraction of sp³-hybridized carbons (Fsp3) is 0.176. The summed E-state index contributed by atoms with van der Waals surface area (Å²) in [6.45, 7) is 1.98. The summed E-state index contributed by atoms with van der Waals surface area (Å²) >= 11 is 0. The van der Waals surface area contributed by atoms with E-state index in [9.17, 15) is 15.0 Å². The van der Waals surface area contributed by atoms with Crippen LogP contribution in [0.4, 0.5) is 0 Å². The van der Waals surface area contributed by atoms with E-state index in [-0.39, 0.29) is 18.1 Å². The summed E-state index contributed by atoms with van der Waals surface area (Å²) in [6, 6.07) is 11.7. The lowest BCUT2D eigenvalue weighted by Crippen LogP contribution is -2.17. The van der Waals surface area contributed by atoms with Gasteiger partial charge in [0.1, 0.15) is 25.2 Å². The highest BCUT2D eigenvalue weighted by atomic mass is 16.6. The van der Waals surface area contributed by atoms with Crippen molar-refractivity contribution in [2.45, 2.75) is 13.5 Å². The fourth-order valence-electron chi connectivity index (χ4n) is 2.12. The number of ether oxygens (including phenoxy) is 1. The van der Waals surface area contributed by atoms with Crippen LogP contribution in [0.1, 0.15) is 16.7 Å². The molecule has 0 amide bonds.